The van der Waals surface area contributed by atoms with E-state index in [0.29, 0.717) is 25.2 Å². The number of rotatable bonds is 4. The Morgan fingerprint density at radius 3 is 2.33 bits per heavy atom. The summed E-state index contributed by atoms with van der Waals surface area (Å²) in [4.78, 5) is 32.5. The highest BCUT2D eigenvalue weighted by molar-refractivity contribution is 6.04. The van der Waals surface area contributed by atoms with Crippen molar-refractivity contribution in [3.05, 3.63) is 60.3 Å². The first-order valence-electron chi connectivity index (χ1n) is 9.32. The summed E-state index contributed by atoms with van der Waals surface area (Å²) in [5.41, 5.74) is -1.37. The van der Waals surface area contributed by atoms with E-state index < -0.39 is 16.4 Å². The largest absolute Gasteiger partial charge is 0.448 e. The van der Waals surface area contributed by atoms with Crippen molar-refractivity contribution in [1.29, 1.82) is 0 Å². The molecule has 0 spiro atoms. The molecule has 2 aliphatic rings. The zero-order chi connectivity index (χ0) is 19.3. The molecule has 2 fully saturated rings. The van der Waals surface area contributed by atoms with Crippen molar-refractivity contribution in [3.63, 3.8) is 0 Å². The summed E-state index contributed by atoms with van der Waals surface area (Å²) in [5.74, 6) is 0.102. The number of hydrogen-bond donors (Lipinski definition) is 0. The molecule has 2 heterocycles. The number of carbonyl (C=O) groups excluding carboxylic acids is 2. The maximum atomic E-state index is 13.8. The smallest absolute Gasteiger partial charge is 0.313 e. The van der Waals surface area contributed by atoms with Gasteiger partial charge >= 0.3 is 5.97 Å². The SMILES string of the molecule is CC1(C)[C@]2(C)CC[C@]1(C(=O)N(Cc1ccccc1)c1ccccn1)OC2=O. The molecule has 1 saturated carbocycles. The molecule has 1 aromatic carbocycles. The van der Waals surface area contributed by atoms with Gasteiger partial charge in [-0.15, -0.1) is 0 Å². The van der Waals surface area contributed by atoms with E-state index in [9.17, 15) is 9.59 Å². The Kier molecular flexibility index (Phi) is 3.88. The summed E-state index contributed by atoms with van der Waals surface area (Å²) < 4.78 is 5.81. The van der Waals surface area contributed by atoms with Crippen molar-refractivity contribution < 1.29 is 14.3 Å². The van der Waals surface area contributed by atoms with Gasteiger partial charge < -0.3 is 4.74 Å². The van der Waals surface area contributed by atoms with Crippen molar-refractivity contribution in [2.45, 2.75) is 45.8 Å². The molecule has 4 rings (SSSR count). The first-order valence-corrected chi connectivity index (χ1v) is 9.32. The summed E-state index contributed by atoms with van der Waals surface area (Å²) in [6, 6.07) is 15.3. The second-order valence-corrected chi connectivity index (χ2v) is 8.24. The molecule has 0 radical (unpaired) electrons. The highest BCUT2D eigenvalue weighted by Crippen LogP contribution is 2.66. The molecule has 1 aromatic heterocycles. The van der Waals surface area contributed by atoms with Gasteiger partial charge in [-0.1, -0.05) is 50.2 Å². The van der Waals surface area contributed by atoms with Gasteiger partial charge in [-0.05, 0) is 37.5 Å². The number of amides is 1. The van der Waals surface area contributed by atoms with Gasteiger partial charge in [-0.3, -0.25) is 14.5 Å². The Morgan fingerprint density at radius 2 is 1.78 bits per heavy atom. The average Bonchev–Trinajstić information content (AvgIpc) is 2.97. The Morgan fingerprint density at radius 1 is 1.07 bits per heavy atom. The molecule has 2 aromatic rings. The van der Waals surface area contributed by atoms with E-state index in [4.69, 9.17) is 4.74 Å². The fourth-order valence-electron chi connectivity index (χ4n) is 4.48. The van der Waals surface area contributed by atoms with Crippen LogP contribution in [-0.2, 0) is 20.9 Å². The minimum absolute atomic E-state index is 0.190. The number of esters is 1. The number of ether oxygens (including phenoxy) is 1. The standard InChI is InChI=1S/C22H24N2O3/c1-20(2)21(3)12-13-22(20,27-19(21)26)18(25)24(17-11-7-8-14-23-17)15-16-9-5-4-6-10-16/h4-11,14H,12-13,15H2,1-3H3/t21-,22-/m1/s1. The Hall–Kier alpha value is -2.69. The molecular weight excluding hydrogens is 340 g/mol. The Labute approximate surface area is 159 Å². The third kappa shape index (κ3) is 2.34. The number of benzene rings is 1. The molecule has 1 saturated heterocycles. The predicted molar refractivity (Wildman–Crippen MR) is 102 cm³/mol. The fourth-order valence-corrected chi connectivity index (χ4v) is 4.48. The maximum Gasteiger partial charge on any atom is 0.313 e. The maximum absolute atomic E-state index is 13.8. The van der Waals surface area contributed by atoms with Crippen LogP contribution in [0, 0.1) is 10.8 Å². The van der Waals surface area contributed by atoms with E-state index in [0.717, 1.165) is 5.56 Å². The lowest BCUT2D eigenvalue weighted by Gasteiger charge is -2.38. The fraction of sp³-hybridized carbons (Fsp3) is 0.409. The van der Waals surface area contributed by atoms with Gasteiger partial charge in [0.05, 0.1) is 12.0 Å². The molecule has 5 heteroatoms. The molecule has 27 heavy (non-hydrogen) atoms. The van der Waals surface area contributed by atoms with E-state index in [1.54, 1.807) is 11.1 Å². The van der Waals surface area contributed by atoms with Gasteiger partial charge in [0, 0.05) is 11.6 Å². The third-order valence-corrected chi connectivity index (χ3v) is 6.78. The van der Waals surface area contributed by atoms with Crippen LogP contribution in [0.4, 0.5) is 5.82 Å². The highest BCUT2D eigenvalue weighted by atomic mass is 16.6. The Balaban J connectivity index is 1.77. The molecule has 0 unspecified atom stereocenters. The van der Waals surface area contributed by atoms with Crippen molar-refractivity contribution >= 4 is 17.7 Å². The summed E-state index contributed by atoms with van der Waals surface area (Å²) in [6.07, 6.45) is 2.87. The van der Waals surface area contributed by atoms with E-state index in [1.165, 1.54) is 0 Å². The molecule has 1 amide bonds. The minimum atomic E-state index is -1.15. The lowest BCUT2D eigenvalue weighted by Crippen LogP contribution is -2.55. The number of aromatic nitrogens is 1. The number of pyridine rings is 1. The van der Waals surface area contributed by atoms with Crippen molar-refractivity contribution in [1.82, 2.24) is 4.98 Å². The summed E-state index contributed by atoms with van der Waals surface area (Å²) in [5, 5.41) is 0. The van der Waals surface area contributed by atoms with E-state index in [2.05, 4.69) is 4.98 Å². The molecule has 1 aliphatic heterocycles. The monoisotopic (exact) mass is 364 g/mol. The normalized spacial score (nSPS) is 28.0. The zero-order valence-corrected chi connectivity index (χ0v) is 15.9. The van der Waals surface area contributed by atoms with Crippen LogP contribution in [0.2, 0.25) is 0 Å². The number of carbonyl (C=O) groups is 2. The summed E-state index contributed by atoms with van der Waals surface area (Å²) in [7, 11) is 0. The first-order chi connectivity index (χ1) is 12.8. The van der Waals surface area contributed by atoms with E-state index in [1.807, 2.05) is 69.3 Å². The van der Waals surface area contributed by atoms with Crippen LogP contribution >= 0.6 is 0 Å². The van der Waals surface area contributed by atoms with Gasteiger partial charge in [0.15, 0.2) is 5.60 Å². The van der Waals surface area contributed by atoms with Crippen LogP contribution in [0.15, 0.2) is 54.7 Å². The summed E-state index contributed by atoms with van der Waals surface area (Å²) >= 11 is 0. The molecule has 5 nitrogen and oxygen atoms in total. The van der Waals surface area contributed by atoms with Crippen molar-refractivity contribution in [2.24, 2.45) is 10.8 Å². The molecule has 2 bridgehead atoms. The molecule has 0 N–H and O–H groups in total. The first kappa shape index (κ1) is 17.7. The summed E-state index contributed by atoms with van der Waals surface area (Å²) in [6.45, 7) is 6.24. The lowest BCUT2D eigenvalue weighted by atomic mass is 9.66. The molecule has 1 aliphatic carbocycles. The van der Waals surface area contributed by atoms with Crippen LogP contribution in [0.1, 0.15) is 39.2 Å². The van der Waals surface area contributed by atoms with Crippen LogP contribution < -0.4 is 4.90 Å². The highest BCUT2D eigenvalue weighted by Gasteiger charge is 2.76. The topological polar surface area (TPSA) is 59.5 Å². The number of hydrogen-bond acceptors (Lipinski definition) is 4. The zero-order valence-electron chi connectivity index (χ0n) is 15.9. The van der Waals surface area contributed by atoms with E-state index in [-0.39, 0.29) is 11.9 Å². The van der Waals surface area contributed by atoms with Crippen LogP contribution in [0.25, 0.3) is 0 Å². The lowest BCUT2D eigenvalue weighted by molar-refractivity contribution is -0.167. The van der Waals surface area contributed by atoms with Crippen molar-refractivity contribution in [2.75, 3.05) is 4.90 Å². The molecular formula is C22H24N2O3. The third-order valence-electron chi connectivity index (χ3n) is 6.78. The van der Waals surface area contributed by atoms with Crippen LogP contribution in [0.5, 0.6) is 0 Å². The van der Waals surface area contributed by atoms with Gasteiger partial charge in [-0.25, -0.2) is 4.98 Å². The predicted octanol–water partition coefficient (Wildman–Crippen LogP) is 3.74. The second kappa shape index (κ2) is 5.91. The van der Waals surface area contributed by atoms with Gasteiger partial charge in [0.2, 0.25) is 0 Å². The number of anilines is 1. The minimum Gasteiger partial charge on any atom is -0.448 e. The van der Waals surface area contributed by atoms with Crippen LogP contribution in [-0.4, -0.2) is 22.5 Å². The van der Waals surface area contributed by atoms with Crippen molar-refractivity contribution in [3.8, 4) is 0 Å². The van der Waals surface area contributed by atoms with Gasteiger partial charge in [0.25, 0.3) is 5.91 Å². The average molecular weight is 364 g/mol. The molecule has 140 valence electrons. The second-order valence-electron chi connectivity index (χ2n) is 8.24. The molecule has 2 atom stereocenters. The number of fused-ring (bicyclic) bond motifs is 2. The number of nitrogens with zero attached hydrogens (tertiary/aromatic N) is 2. The van der Waals surface area contributed by atoms with E-state index >= 15 is 0 Å². The van der Waals surface area contributed by atoms with Gasteiger partial charge in [0.1, 0.15) is 5.82 Å². The van der Waals surface area contributed by atoms with Gasteiger partial charge in [-0.2, -0.15) is 0 Å². The van der Waals surface area contributed by atoms with Crippen LogP contribution in [0.3, 0.4) is 0 Å². The Bertz CT molecular complexity index is 881. The quantitative estimate of drug-likeness (QED) is 0.776.